The minimum Gasteiger partial charge on any atom is -0.272 e. The van der Waals surface area contributed by atoms with Gasteiger partial charge in [0.15, 0.2) is 9.84 Å². The molecule has 0 radical (unpaired) electrons. The number of fused-ring (bicyclic) bond motifs is 1. The maximum Gasteiger partial charge on any atom is 0.279 e. The first-order chi connectivity index (χ1) is 9.29. The number of carbonyl (C=O) groups is 2. The Morgan fingerprint density at radius 2 is 2.00 bits per heavy atom. The van der Waals surface area contributed by atoms with Gasteiger partial charge in [0.2, 0.25) is 0 Å². The fraction of sp³-hybridized carbons (Fsp3) is 0.500. The lowest BCUT2D eigenvalue weighted by atomic mass is 10.2. The van der Waals surface area contributed by atoms with Crippen LogP contribution in [-0.2, 0) is 27.5 Å². The molecule has 1 aromatic rings. The molecular weight excluding hydrogens is 300 g/mol. The van der Waals surface area contributed by atoms with E-state index in [1.165, 1.54) is 28.7 Å². The second kappa shape index (κ2) is 5.53. The Bertz CT molecular complexity index is 627. The standard InChI is InChI=1S/C12H16N2O4S2/c1-7(20(2,17)18)11(15)13-14-12(16)10-6-8-4-3-5-9(8)19-10/h6-7H,3-5H2,1-2H3,(H,13,15)(H,14,16). The van der Waals surface area contributed by atoms with E-state index in [1.807, 2.05) is 6.07 Å². The quantitative estimate of drug-likeness (QED) is 0.791. The Balaban J connectivity index is 1.93. The summed E-state index contributed by atoms with van der Waals surface area (Å²) in [6.07, 6.45) is 4.07. The van der Waals surface area contributed by atoms with Gasteiger partial charge >= 0.3 is 0 Å². The molecule has 0 saturated carbocycles. The second-order valence-electron chi connectivity index (χ2n) is 4.83. The highest BCUT2D eigenvalue weighted by atomic mass is 32.2. The van der Waals surface area contributed by atoms with Crippen molar-refractivity contribution in [2.45, 2.75) is 31.4 Å². The van der Waals surface area contributed by atoms with Crippen molar-refractivity contribution in [1.29, 1.82) is 0 Å². The first kappa shape index (κ1) is 15.0. The van der Waals surface area contributed by atoms with Gasteiger partial charge in [-0.25, -0.2) is 8.42 Å². The molecule has 0 aromatic carbocycles. The van der Waals surface area contributed by atoms with Gasteiger partial charge in [-0.15, -0.1) is 11.3 Å². The summed E-state index contributed by atoms with van der Waals surface area (Å²) in [5.74, 6) is -1.16. The van der Waals surface area contributed by atoms with Crippen LogP contribution >= 0.6 is 11.3 Å². The first-order valence-electron chi connectivity index (χ1n) is 6.19. The maximum absolute atomic E-state index is 11.9. The molecule has 0 bridgehead atoms. The second-order valence-corrected chi connectivity index (χ2v) is 8.33. The number of hydrogen-bond donors (Lipinski definition) is 2. The lowest BCUT2D eigenvalue weighted by Gasteiger charge is -2.10. The molecular formula is C12H16N2O4S2. The third-order valence-corrected chi connectivity index (χ3v) is 6.02. The Kier molecular flexibility index (Phi) is 4.14. The molecule has 1 heterocycles. The van der Waals surface area contributed by atoms with Crippen LogP contribution in [0.25, 0.3) is 0 Å². The highest BCUT2D eigenvalue weighted by Crippen LogP contribution is 2.30. The number of hydrazine groups is 1. The average molecular weight is 316 g/mol. The fourth-order valence-corrected chi connectivity index (χ4v) is 3.51. The topological polar surface area (TPSA) is 92.3 Å². The fourth-order valence-electron chi connectivity index (χ4n) is 1.92. The zero-order valence-corrected chi connectivity index (χ0v) is 12.9. The van der Waals surface area contributed by atoms with Gasteiger partial charge in [-0.2, -0.15) is 0 Å². The van der Waals surface area contributed by atoms with E-state index >= 15 is 0 Å². The molecule has 1 aromatic heterocycles. The molecule has 2 rings (SSSR count). The van der Waals surface area contributed by atoms with Crippen molar-refractivity contribution >= 4 is 33.0 Å². The van der Waals surface area contributed by atoms with Gasteiger partial charge in [0, 0.05) is 11.1 Å². The molecule has 1 atom stereocenters. The molecule has 1 unspecified atom stereocenters. The van der Waals surface area contributed by atoms with E-state index in [1.54, 1.807) is 0 Å². The summed E-state index contributed by atoms with van der Waals surface area (Å²) in [5.41, 5.74) is 5.58. The molecule has 8 heteroatoms. The van der Waals surface area contributed by atoms with E-state index in [9.17, 15) is 18.0 Å². The largest absolute Gasteiger partial charge is 0.279 e. The number of aryl methyl sites for hydroxylation is 2. The SMILES string of the molecule is CC(C(=O)NNC(=O)c1cc2c(s1)CCC2)S(C)(=O)=O. The van der Waals surface area contributed by atoms with Crippen LogP contribution in [0.3, 0.4) is 0 Å². The van der Waals surface area contributed by atoms with Crippen LogP contribution in [0.4, 0.5) is 0 Å². The number of amides is 2. The van der Waals surface area contributed by atoms with Crippen LogP contribution in [0.1, 0.15) is 33.5 Å². The van der Waals surface area contributed by atoms with E-state index < -0.39 is 26.9 Å². The predicted molar refractivity (Wildman–Crippen MR) is 76.3 cm³/mol. The van der Waals surface area contributed by atoms with Crippen molar-refractivity contribution in [3.05, 3.63) is 21.4 Å². The number of carbonyl (C=O) groups excluding carboxylic acids is 2. The molecule has 110 valence electrons. The Morgan fingerprint density at radius 1 is 1.30 bits per heavy atom. The van der Waals surface area contributed by atoms with Gasteiger partial charge in [-0.3, -0.25) is 20.4 Å². The smallest absolute Gasteiger partial charge is 0.272 e. The summed E-state index contributed by atoms with van der Waals surface area (Å²) in [6.45, 7) is 1.27. The van der Waals surface area contributed by atoms with Crippen molar-refractivity contribution in [1.82, 2.24) is 10.9 Å². The van der Waals surface area contributed by atoms with Gasteiger partial charge in [0.05, 0.1) is 4.88 Å². The third-order valence-electron chi connectivity index (χ3n) is 3.28. The Hall–Kier alpha value is -1.41. The number of thiophene rings is 1. The monoisotopic (exact) mass is 316 g/mol. The molecule has 0 spiro atoms. The van der Waals surface area contributed by atoms with Crippen molar-refractivity contribution in [3.63, 3.8) is 0 Å². The van der Waals surface area contributed by atoms with Crippen molar-refractivity contribution in [2.24, 2.45) is 0 Å². The number of rotatable bonds is 3. The summed E-state index contributed by atoms with van der Waals surface area (Å²) in [7, 11) is -3.47. The number of hydrogen-bond acceptors (Lipinski definition) is 5. The maximum atomic E-state index is 11.9. The summed E-state index contributed by atoms with van der Waals surface area (Å²) in [4.78, 5) is 25.2. The summed E-state index contributed by atoms with van der Waals surface area (Å²) < 4.78 is 22.4. The van der Waals surface area contributed by atoms with Gasteiger partial charge in [0.1, 0.15) is 5.25 Å². The number of nitrogens with one attached hydrogen (secondary N) is 2. The molecule has 0 aliphatic heterocycles. The van der Waals surface area contributed by atoms with E-state index in [0.717, 1.165) is 25.5 Å². The molecule has 2 amide bonds. The van der Waals surface area contributed by atoms with Crippen LogP contribution < -0.4 is 10.9 Å². The van der Waals surface area contributed by atoms with Crippen LogP contribution in [0.15, 0.2) is 6.07 Å². The van der Waals surface area contributed by atoms with E-state index in [0.29, 0.717) is 4.88 Å². The van der Waals surface area contributed by atoms with Gasteiger partial charge in [-0.05, 0) is 37.8 Å². The molecule has 0 fully saturated rings. The molecule has 1 aliphatic rings. The average Bonchev–Trinajstić information content (AvgIpc) is 2.93. The molecule has 6 nitrogen and oxygen atoms in total. The third kappa shape index (κ3) is 3.18. The molecule has 0 saturated heterocycles. The van der Waals surface area contributed by atoms with Gasteiger partial charge < -0.3 is 0 Å². The van der Waals surface area contributed by atoms with Gasteiger partial charge in [-0.1, -0.05) is 0 Å². The molecule has 20 heavy (non-hydrogen) atoms. The zero-order valence-electron chi connectivity index (χ0n) is 11.2. The van der Waals surface area contributed by atoms with Crippen LogP contribution in [0.5, 0.6) is 0 Å². The Morgan fingerprint density at radius 3 is 2.60 bits per heavy atom. The predicted octanol–water partition coefficient (Wildman–Crippen LogP) is 0.431. The van der Waals surface area contributed by atoms with E-state index in [2.05, 4.69) is 10.9 Å². The number of sulfone groups is 1. The molecule has 2 N–H and O–H groups in total. The van der Waals surface area contributed by atoms with Crippen LogP contribution in [0, 0.1) is 0 Å². The summed E-state index contributed by atoms with van der Waals surface area (Å²) >= 11 is 1.41. The minimum atomic E-state index is -3.47. The zero-order chi connectivity index (χ0) is 14.9. The van der Waals surface area contributed by atoms with E-state index in [-0.39, 0.29) is 0 Å². The molecule has 1 aliphatic carbocycles. The van der Waals surface area contributed by atoms with E-state index in [4.69, 9.17) is 0 Å². The van der Waals surface area contributed by atoms with Crippen molar-refractivity contribution < 1.29 is 18.0 Å². The summed E-state index contributed by atoms with van der Waals surface area (Å²) in [5, 5.41) is -1.20. The highest BCUT2D eigenvalue weighted by molar-refractivity contribution is 7.92. The lowest BCUT2D eigenvalue weighted by Crippen LogP contribution is -2.47. The highest BCUT2D eigenvalue weighted by Gasteiger charge is 2.24. The van der Waals surface area contributed by atoms with Crippen LogP contribution in [0.2, 0.25) is 0 Å². The van der Waals surface area contributed by atoms with Crippen LogP contribution in [-0.4, -0.2) is 31.7 Å². The summed E-state index contributed by atoms with van der Waals surface area (Å²) in [6, 6.07) is 1.83. The van der Waals surface area contributed by atoms with Gasteiger partial charge in [0.25, 0.3) is 11.8 Å². The first-order valence-corrected chi connectivity index (χ1v) is 8.97. The minimum absolute atomic E-state index is 0.418. The lowest BCUT2D eigenvalue weighted by molar-refractivity contribution is -0.121. The van der Waals surface area contributed by atoms with Crippen molar-refractivity contribution in [2.75, 3.05) is 6.26 Å². The normalized spacial score (nSPS) is 15.5. The van der Waals surface area contributed by atoms with Crippen molar-refractivity contribution in [3.8, 4) is 0 Å². The Labute approximate surface area is 121 Å².